The van der Waals surface area contributed by atoms with Crippen LogP contribution in [-0.4, -0.2) is 27.7 Å². The molecule has 8 heteroatoms. The third-order valence-electron chi connectivity index (χ3n) is 4.38. The summed E-state index contributed by atoms with van der Waals surface area (Å²) in [7, 11) is -3.98. The number of nitrogens with one attached hydrogen (secondary N) is 1. The van der Waals surface area contributed by atoms with Crippen molar-refractivity contribution in [3.63, 3.8) is 0 Å². The molecule has 29 heavy (non-hydrogen) atoms. The van der Waals surface area contributed by atoms with Crippen LogP contribution in [0.25, 0.3) is 0 Å². The number of sulfone groups is 1. The van der Waals surface area contributed by atoms with E-state index in [2.05, 4.69) is 5.32 Å². The lowest BCUT2D eigenvalue weighted by molar-refractivity contribution is 0.146. The van der Waals surface area contributed by atoms with Crippen LogP contribution < -0.4 is 5.32 Å². The Labute approximate surface area is 170 Å². The predicted molar refractivity (Wildman–Crippen MR) is 106 cm³/mol. The summed E-state index contributed by atoms with van der Waals surface area (Å²) >= 11 is 0. The molecule has 2 rings (SSSR count). The molecular weight excluding hydrogens is 400 g/mol. The standard InChI is InChI=1S/C21H25F2NO4S/c1-3-13-28-21(25)24-12-4-5-20(18-14-16(22)8-11-19(18)23)29(26,27)17-9-6-15(2)7-10-17/h6-11,14,20H,3-5,12-13H2,1-2H3,(H,24,25). The SMILES string of the molecule is CCCOC(=O)NCCCC(c1cc(F)ccc1F)S(=O)(=O)c1ccc(C)cc1. The van der Waals surface area contributed by atoms with Gasteiger partial charge in [0.15, 0.2) is 9.84 Å². The third-order valence-corrected chi connectivity index (χ3v) is 6.55. The Balaban J connectivity index is 2.23. The van der Waals surface area contributed by atoms with Crippen molar-refractivity contribution in [3.05, 3.63) is 65.2 Å². The first kappa shape index (κ1) is 22.8. The molecular formula is C21H25F2NO4S. The van der Waals surface area contributed by atoms with E-state index in [1.807, 2.05) is 13.8 Å². The van der Waals surface area contributed by atoms with Gasteiger partial charge >= 0.3 is 6.09 Å². The van der Waals surface area contributed by atoms with Crippen molar-refractivity contribution in [1.82, 2.24) is 5.32 Å². The molecule has 1 amide bonds. The van der Waals surface area contributed by atoms with Crippen molar-refractivity contribution < 1.29 is 26.7 Å². The zero-order valence-electron chi connectivity index (χ0n) is 16.5. The molecule has 0 bridgehead atoms. The minimum absolute atomic E-state index is 0.00460. The lowest BCUT2D eigenvalue weighted by Crippen LogP contribution is -2.26. The Kier molecular flexibility index (Phi) is 8.13. The molecule has 2 aromatic rings. The lowest BCUT2D eigenvalue weighted by atomic mass is 10.1. The van der Waals surface area contributed by atoms with Crippen molar-refractivity contribution >= 4 is 15.9 Å². The van der Waals surface area contributed by atoms with Crippen LogP contribution in [0.4, 0.5) is 13.6 Å². The van der Waals surface area contributed by atoms with Gasteiger partial charge < -0.3 is 10.1 Å². The summed E-state index contributed by atoms with van der Waals surface area (Å²) in [4.78, 5) is 11.5. The van der Waals surface area contributed by atoms with Gasteiger partial charge in [-0.15, -0.1) is 0 Å². The van der Waals surface area contributed by atoms with Gasteiger partial charge in [-0.25, -0.2) is 22.0 Å². The first-order valence-corrected chi connectivity index (χ1v) is 11.0. The van der Waals surface area contributed by atoms with Gasteiger partial charge in [0.2, 0.25) is 0 Å². The quantitative estimate of drug-likeness (QED) is 0.591. The second-order valence-corrected chi connectivity index (χ2v) is 8.85. The van der Waals surface area contributed by atoms with Crippen molar-refractivity contribution in [3.8, 4) is 0 Å². The summed E-state index contributed by atoms with van der Waals surface area (Å²) in [5, 5.41) is 1.24. The normalized spacial score (nSPS) is 12.4. The van der Waals surface area contributed by atoms with Gasteiger partial charge in [-0.3, -0.25) is 0 Å². The topological polar surface area (TPSA) is 72.5 Å². The monoisotopic (exact) mass is 425 g/mol. The van der Waals surface area contributed by atoms with E-state index in [1.54, 1.807) is 12.1 Å². The Bertz CT molecular complexity index is 930. The fraction of sp³-hybridized carbons (Fsp3) is 0.381. The van der Waals surface area contributed by atoms with Crippen LogP contribution in [0.2, 0.25) is 0 Å². The van der Waals surface area contributed by atoms with Gasteiger partial charge in [0.05, 0.1) is 16.8 Å². The molecule has 1 unspecified atom stereocenters. The molecule has 0 saturated heterocycles. The number of amides is 1. The second-order valence-electron chi connectivity index (χ2n) is 6.72. The molecule has 2 aromatic carbocycles. The summed E-state index contributed by atoms with van der Waals surface area (Å²) in [6, 6.07) is 8.98. The predicted octanol–water partition coefficient (Wildman–Crippen LogP) is 4.70. The maximum atomic E-state index is 14.4. The summed E-state index contributed by atoms with van der Waals surface area (Å²) in [6.45, 7) is 4.12. The number of hydrogen-bond donors (Lipinski definition) is 1. The van der Waals surface area contributed by atoms with E-state index in [9.17, 15) is 22.0 Å². The van der Waals surface area contributed by atoms with Gasteiger partial charge in [-0.1, -0.05) is 24.6 Å². The maximum absolute atomic E-state index is 14.4. The minimum atomic E-state index is -3.98. The smallest absolute Gasteiger partial charge is 0.407 e. The van der Waals surface area contributed by atoms with E-state index < -0.39 is 32.8 Å². The second kappa shape index (κ2) is 10.3. The summed E-state index contributed by atoms with van der Waals surface area (Å²) in [6.07, 6.45) is 0.336. The highest BCUT2D eigenvalue weighted by atomic mass is 32.2. The average molecular weight is 425 g/mol. The fourth-order valence-electron chi connectivity index (χ4n) is 2.86. The first-order valence-electron chi connectivity index (χ1n) is 9.42. The fourth-order valence-corrected chi connectivity index (χ4v) is 4.69. The van der Waals surface area contributed by atoms with E-state index in [0.717, 1.165) is 23.8 Å². The first-order chi connectivity index (χ1) is 13.8. The molecule has 158 valence electrons. The van der Waals surface area contributed by atoms with E-state index in [-0.39, 0.29) is 36.5 Å². The van der Waals surface area contributed by atoms with Gasteiger partial charge in [0, 0.05) is 12.1 Å². The minimum Gasteiger partial charge on any atom is -0.450 e. The highest BCUT2D eigenvalue weighted by Crippen LogP contribution is 2.34. The van der Waals surface area contributed by atoms with E-state index in [0.29, 0.717) is 6.42 Å². The maximum Gasteiger partial charge on any atom is 0.407 e. The van der Waals surface area contributed by atoms with Crippen LogP contribution in [-0.2, 0) is 14.6 Å². The van der Waals surface area contributed by atoms with Crippen molar-refractivity contribution in [1.29, 1.82) is 0 Å². The molecule has 0 saturated carbocycles. The van der Waals surface area contributed by atoms with Gasteiger partial charge in [-0.2, -0.15) is 0 Å². The van der Waals surface area contributed by atoms with Crippen LogP contribution in [0.3, 0.4) is 0 Å². The molecule has 1 atom stereocenters. The molecule has 0 heterocycles. The molecule has 0 aliphatic carbocycles. The van der Waals surface area contributed by atoms with Crippen LogP contribution in [0.5, 0.6) is 0 Å². The van der Waals surface area contributed by atoms with Crippen LogP contribution >= 0.6 is 0 Å². The van der Waals surface area contributed by atoms with Crippen LogP contribution in [0, 0.1) is 18.6 Å². The lowest BCUT2D eigenvalue weighted by Gasteiger charge is -2.19. The van der Waals surface area contributed by atoms with Crippen molar-refractivity contribution in [2.45, 2.75) is 43.3 Å². The third kappa shape index (κ3) is 6.25. The van der Waals surface area contributed by atoms with Gasteiger partial charge in [-0.05, 0) is 56.5 Å². The Morgan fingerprint density at radius 1 is 1.14 bits per heavy atom. The number of carbonyl (C=O) groups is 1. The number of rotatable bonds is 9. The Morgan fingerprint density at radius 2 is 1.83 bits per heavy atom. The zero-order chi connectivity index (χ0) is 21.4. The summed E-state index contributed by atoms with van der Waals surface area (Å²) in [5.74, 6) is -1.51. The number of ether oxygens (including phenoxy) is 1. The molecule has 5 nitrogen and oxygen atoms in total. The van der Waals surface area contributed by atoms with E-state index in [4.69, 9.17) is 4.74 Å². The number of carbonyl (C=O) groups excluding carboxylic acids is 1. The molecule has 0 aromatic heterocycles. The average Bonchev–Trinajstić information content (AvgIpc) is 2.68. The molecule has 0 fully saturated rings. The Hall–Kier alpha value is -2.48. The van der Waals surface area contributed by atoms with Gasteiger partial charge in [0.25, 0.3) is 0 Å². The largest absolute Gasteiger partial charge is 0.450 e. The molecule has 0 aliphatic heterocycles. The van der Waals surface area contributed by atoms with E-state index >= 15 is 0 Å². The van der Waals surface area contributed by atoms with E-state index in [1.165, 1.54) is 12.1 Å². The highest BCUT2D eigenvalue weighted by molar-refractivity contribution is 7.91. The summed E-state index contributed by atoms with van der Waals surface area (Å²) < 4.78 is 59.4. The van der Waals surface area contributed by atoms with Crippen molar-refractivity contribution in [2.24, 2.45) is 0 Å². The number of halogens is 2. The number of aryl methyl sites for hydroxylation is 1. The van der Waals surface area contributed by atoms with Crippen LogP contribution in [0.15, 0.2) is 47.4 Å². The molecule has 0 spiro atoms. The van der Waals surface area contributed by atoms with Gasteiger partial charge in [0.1, 0.15) is 11.6 Å². The number of benzene rings is 2. The highest BCUT2D eigenvalue weighted by Gasteiger charge is 2.31. The van der Waals surface area contributed by atoms with Crippen molar-refractivity contribution in [2.75, 3.05) is 13.2 Å². The molecule has 1 N–H and O–H groups in total. The number of alkyl carbamates (subject to hydrolysis) is 1. The number of hydrogen-bond acceptors (Lipinski definition) is 4. The Morgan fingerprint density at radius 3 is 2.48 bits per heavy atom. The molecule has 0 aliphatic rings. The van der Waals surface area contributed by atoms with Crippen LogP contribution in [0.1, 0.15) is 42.6 Å². The summed E-state index contributed by atoms with van der Waals surface area (Å²) in [5.41, 5.74) is 0.659. The zero-order valence-corrected chi connectivity index (χ0v) is 17.3. The molecule has 0 radical (unpaired) electrons.